The number of carbonyl (C=O) groups is 1. The fourth-order valence-electron chi connectivity index (χ4n) is 2.60. The van der Waals surface area contributed by atoms with Gasteiger partial charge in [0.1, 0.15) is 0 Å². The Kier molecular flexibility index (Phi) is 9.00. The van der Waals surface area contributed by atoms with E-state index in [9.17, 15) is 9.90 Å². The molecule has 8 heteroatoms. The maximum absolute atomic E-state index is 12.2. The average molecular weight is 397 g/mol. The van der Waals surface area contributed by atoms with E-state index in [2.05, 4.69) is 15.6 Å². The van der Waals surface area contributed by atoms with E-state index in [1.54, 1.807) is 36.7 Å². The number of nitrogens with zero attached hydrogens (tertiary/aromatic N) is 1. The molecule has 154 valence electrons. The second-order valence-electron chi connectivity index (χ2n) is 6.35. The Morgan fingerprint density at radius 2 is 2.00 bits per heavy atom. The maximum atomic E-state index is 12.2. The van der Waals surface area contributed by atoms with Gasteiger partial charge in [-0.3, -0.25) is 9.78 Å². The lowest BCUT2D eigenvalue weighted by Gasteiger charge is -2.09. The number of aromatic nitrogens is 1. The highest BCUT2D eigenvalue weighted by atomic mass is 16.3. The monoisotopic (exact) mass is 397 g/mol. The molecule has 8 N–H and O–H groups in total. The molecule has 0 aliphatic carbocycles. The summed E-state index contributed by atoms with van der Waals surface area (Å²) in [6.07, 6.45) is 7.06. The Morgan fingerprint density at radius 3 is 2.66 bits per heavy atom. The van der Waals surface area contributed by atoms with Gasteiger partial charge in [0, 0.05) is 49.4 Å². The number of rotatable bonds is 10. The summed E-state index contributed by atoms with van der Waals surface area (Å²) in [4.78, 5) is 16.3. The minimum Gasteiger partial charge on any atom is -0.404 e. The molecule has 0 saturated carbocycles. The van der Waals surface area contributed by atoms with E-state index in [1.165, 1.54) is 12.3 Å². The highest BCUT2D eigenvalue weighted by Gasteiger charge is 2.05. The second-order valence-corrected chi connectivity index (χ2v) is 6.35. The lowest BCUT2D eigenvalue weighted by atomic mass is 10.0. The SMILES string of the molecule is N/C=C(\CN)c1ccncc1/C=C/C(=O)Nc1ccc(CNCC(O)CO)cc1. The van der Waals surface area contributed by atoms with Crippen molar-refractivity contribution >= 4 is 23.2 Å². The Morgan fingerprint density at radius 1 is 1.24 bits per heavy atom. The van der Waals surface area contributed by atoms with Gasteiger partial charge in [0.05, 0.1) is 12.7 Å². The first-order chi connectivity index (χ1) is 14.1. The van der Waals surface area contributed by atoms with E-state index in [4.69, 9.17) is 16.6 Å². The first-order valence-corrected chi connectivity index (χ1v) is 9.20. The van der Waals surface area contributed by atoms with Crippen LogP contribution in [0.3, 0.4) is 0 Å². The zero-order valence-corrected chi connectivity index (χ0v) is 16.1. The molecule has 2 aromatic rings. The maximum Gasteiger partial charge on any atom is 0.248 e. The second kappa shape index (κ2) is 11.7. The Labute approximate surface area is 170 Å². The third-order valence-corrected chi connectivity index (χ3v) is 4.17. The summed E-state index contributed by atoms with van der Waals surface area (Å²) in [7, 11) is 0. The summed E-state index contributed by atoms with van der Waals surface area (Å²) in [6.45, 7) is 0.865. The molecule has 8 nitrogen and oxygen atoms in total. The third kappa shape index (κ3) is 7.13. The first kappa shape index (κ1) is 22.3. The number of nitrogens with two attached hydrogens (primary N) is 2. The van der Waals surface area contributed by atoms with Gasteiger partial charge >= 0.3 is 0 Å². The molecule has 1 aromatic heterocycles. The largest absolute Gasteiger partial charge is 0.404 e. The number of benzene rings is 1. The molecule has 1 amide bonds. The van der Waals surface area contributed by atoms with Gasteiger partial charge in [-0.15, -0.1) is 0 Å². The van der Waals surface area contributed by atoms with Gasteiger partial charge in [-0.2, -0.15) is 0 Å². The molecule has 29 heavy (non-hydrogen) atoms. The van der Waals surface area contributed by atoms with Crippen LogP contribution < -0.4 is 22.1 Å². The van der Waals surface area contributed by atoms with Crippen LogP contribution in [-0.2, 0) is 11.3 Å². The van der Waals surface area contributed by atoms with Crippen LogP contribution in [0.2, 0.25) is 0 Å². The molecule has 0 radical (unpaired) electrons. The summed E-state index contributed by atoms with van der Waals surface area (Å²) in [5.41, 5.74) is 15.3. The van der Waals surface area contributed by atoms with Crippen LogP contribution in [0, 0.1) is 0 Å². The highest BCUT2D eigenvalue weighted by molar-refractivity contribution is 6.02. The zero-order chi connectivity index (χ0) is 21.1. The van der Waals surface area contributed by atoms with Gasteiger partial charge in [0.25, 0.3) is 0 Å². The zero-order valence-electron chi connectivity index (χ0n) is 16.1. The van der Waals surface area contributed by atoms with Crippen LogP contribution >= 0.6 is 0 Å². The van der Waals surface area contributed by atoms with Crippen molar-refractivity contribution in [2.45, 2.75) is 12.6 Å². The number of hydrogen-bond acceptors (Lipinski definition) is 7. The first-order valence-electron chi connectivity index (χ1n) is 9.20. The molecule has 1 atom stereocenters. The Hall–Kier alpha value is -3.04. The molecule has 1 unspecified atom stereocenters. The fourth-order valence-corrected chi connectivity index (χ4v) is 2.60. The topological polar surface area (TPSA) is 147 Å². The van der Waals surface area contributed by atoms with E-state index in [0.717, 1.165) is 22.3 Å². The van der Waals surface area contributed by atoms with Gasteiger partial charge in [-0.1, -0.05) is 12.1 Å². The standard InChI is InChI=1S/C21H27N5O3/c22-9-17(10-23)20-7-8-24-12-16(20)3-6-21(29)26-18-4-1-15(2-5-18)11-25-13-19(28)14-27/h1-9,12,19,25,27-28H,10-11,13-14,22-23H2,(H,26,29)/b6-3+,17-9+. The number of amides is 1. The van der Waals surface area contributed by atoms with E-state index in [-0.39, 0.29) is 19.1 Å². The van der Waals surface area contributed by atoms with Crippen LogP contribution in [-0.4, -0.2) is 46.9 Å². The number of aliphatic hydroxyl groups is 2. The van der Waals surface area contributed by atoms with Crippen molar-refractivity contribution in [3.05, 3.63) is 71.7 Å². The Balaban J connectivity index is 1.94. The van der Waals surface area contributed by atoms with Crippen LogP contribution in [0.4, 0.5) is 5.69 Å². The lowest BCUT2D eigenvalue weighted by molar-refractivity contribution is -0.111. The number of anilines is 1. The van der Waals surface area contributed by atoms with Crippen molar-refractivity contribution in [2.24, 2.45) is 11.5 Å². The van der Waals surface area contributed by atoms with Crippen molar-refractivity contribution in [2.75, 3.05) is 25.0 Å². The number of nitrogens with one attached hydrogen (secondary N) is 2. The highest BCUT2D eigenvalue weighted by Crippen LogP contribution is 2.18. The van der Waals surface area contributed by atoms with E-state index in [1.807, 2.05) is 12.1 Å². The van der Waals surface area contributed by atoms with E-state index < -0.39 is 6.10 Å². The summed E-state index contributed by atoms with van der Waals surface area (Å²) >= 11 is 0. The average Bonchev–Trinajstić information content (AvgIpc) is 2.75. The lowest BCUT2D eigenvalue weighted by Crippen LogP contribution is -2.28. The molecule has 0 saturated heterocycles. The van der Waals surface area contributed by atoms with Gasteiger partial charge in [-0.05, 0) is 47.2 Å². The third-order valence-electron chi connectivity index (χ3n) is 4.17. The van der Waals surface area contributed by atoms with Crippen LogP contribution in [0.1, 0.15) is 16.7 Å². The van der Waals surface area contributed by atoms with Crippen molar-refractivity contribution in [3.8, 4) is 0 Å². The van der Waals surface area contributed by atoms with Gasteiger partial charge in [-0.25, -0.2) is 0 Å². The summed E-state index contributed by atoms with van der Waals surface area (Å²) in [5.74, 6) is -0.275. The van der Waals surface area contributed by atoms with Crippen molar-refractivity contribution in [3.63, 3.8) is 0 Å². The molecule has 0 spiro atoms. The van der Waals surface area contributed by atoms with Crippen molar-refractivity contribution < 1.29 is 15.0 Å². The minimum atomic E-state index is -0.776. The molecule has 0 aliphatic rings. The number of pyridine rings is 1. The quantitative estimate of drug-likeness (QED) is 0.319. The van der Waals surface area contributed by atoms with Crippen LogP contribution in [0.5, 0.6) is 0 Å². The molecule has 0 fully saturated rings. The van der Waals surface area contributed by atoms with Gasteiger partial charge < -0.3 is 32.3 Å². The van der Waals surface area contributed by atoms with E-state index >= 15 is 0 Å². The number of hydrogen-bond donors (Lipinski definition) is 6. The number of aliphatic hydroxyl groups excluding tert-OH is 2. The normalized spacial score (nSPS) is 12.9. The molecule has 2 rings (SSSR count). The smallest absolute Gasteiger partial charge is 0.248 e. The molecule has 1 heterocycles. The predicted octanol–water partition coefficient (Wildman–Crippen LogP) is 0.435. The van der Waals surface area contributed by atoms with Crippen molar-refractivity contribution in [1.29, 1.82) is 0 Å². The van der Waals surface area contributed by atoms with Gasteiger partial charge in [0.2, 0.25) is 5.91 Å². The van der Waals surface area contributed by atoms with E-state index in [0.29, 0.717) is 18.8 Å². The Bertz CT molecular complexity index is 850. The number of carbonyl (C=O) groups excluding carboxylic acids is 1. The molecular formula is C21H27N5O3. The summed E-state index contributed by atoms with van der Waals surface area (Å²) < 4.78 is 0. The van der Waals surface area contributed by atoms with Gasteiger partial charge in [0.15, 0.2) is 0 Å². The minimum absolute atomic E-state index is 0.275. The fraction of sp³-hybridized carbons (Fsp3) is 0.238. The summed E-state index contributed by atoms with van der Waals surface area (Å²) in [6, 6.07) is 9.14. The van der Waals surface area contributed by atoms with Crippen LogP contribution in [0.25, 0.3) is 11.6 Å². The van der Waals surface area contributed by atoms with Crippen LogP contribution in [0.15, 0.2) is 55.0 Å². The molecular weight excluding hydrogens is 370 g/mol. The molecule has 0 aliphatic heterocycles. The predicted molar refractivity (Wildman–Crippen MR) is 114 cm³/mol. The summed E-state index contributed by atoms with van der Waals surface area (Å²) in [5, 5.41) is 23.9. The molecule has 0 bridgehead atoms. The molecule has 1 aromatic carbocycles. The van der Waals surface area contributed by atoms with Crippen molar-refractivity contribution in [1.82, 2.24) is 10.3 Å².